The zero-order chi connectivity index (χ0) is 12.4. The Morgan fingerprint density at radius 2 is 2.24 bits per heavy atom. The van der Waals surface area contributed by atoms with Crippen molar-refractivity contribution in [3.8, 4) is 0 Å². The second kappa shape index (κ2) is 4.53. The first-order valence-corrected chi connectivity index (χ1v) is 5.63. The lowest BCUT2D eigenvalue weighted by atomic mass is 10.0. The van der Waals surface area contributed by atoms with E-state index >= 15 is 0 Å². The SMILES string of the molecule is Cc1ccncc1C1N=C(NC(C)C)NC1=O. The lowest BCUT2D eigenvalue weighted by molar-refractivity contribution is -0.120. The summed E-state index contributed by atoms with van der Waals surface area (Å²) < 4.78 is 0. The minimum atomic E-state index is -0.482. The lowest BCUT2D eigenvalue weighted by Crippen LogP contribution is -2.40. The minimum Gasteiger partial charge on any atom is -0.354 e. The zero-order valence-corrected chi connectivity index (χ0v) is 10.2. The van der Waals surface area contributed by atoms with Crippen molar-refractivity contribution in [2.24, 2.45) is 4.99 Å². The van der Waals surface area contributed by atoms with E-state index in [0.29, 0.717) is 5.96 Å². The summed E-state index contributed by atoms with van der Waals surface area (Å²) in [6.45, 7) is 5.95. The van der Waals surface area contributed by atoms with E-state index in [1.807, 2.05) is 26.8 Å². The molecule has 2 rings (SSSR count). The zero-order valence-electron chi connectivity index (χ0n) is 10.2. The highest BCUT2D eigenvalue weighted by Crippen LogP contribution is 2.23. The Morgan fingerprint density at radius 3 is 2.88 bits per heavy atom. The topological polar surface area (TPSA) is 66.4 Å². The molecule has 5 nitrogen and oxygen atoms in total. The van der Waals surface area contributed by atoms with Gasteiger partial charge < -0.3 is 5.32 Å². The summed E-state index contributed by atoms with van der Waals surface area (Å²) in [7, 11) is 0. The minimum absolute atomic E-state index is 0.107. The number of hydrogen-bond donors (Lipinski definition) is 2. The first-order valence-electron chi connectivity index (χ1n) is 5.63. The number of hydrogen-bond acceptors (Lipinski definition) is 4. The smallest absolute Gasteiger partial charge is 0.256 e. The molecular weight excluding hydrogens is 216 g/mol. The van der Waals surface area contributed by atoms with E-state index in [1.165, 1.54) is 0 Å². The van der Waals surface area contributed by atoms with E-state index in [4.69, 9.17) is 0 Å². The molecule has 2 heterocycles. The summed E-state index contributed by atoms with van der Waals surface area (Å²) >= 11 is 0. The van der Waals surface area contributed by atoms with Crippen LogP contribution in [0.15, 0.2) is 23.5 Å². The quantitative estimate of drug-likeness (QED) is 0.796. The van der Waals surface area contributed by atoms with E-state index in [0.717, 1.165) is 11.1 Å². The third kappa shape index (κ3) is 2.43. The maximum atomic E-state index is 11.8. The molecule has 2 N–H and O–H groups in total. The van der Waals surface area contributed by atoms with Gasteiger partial charge >= 0.3 is 0 Å². The molecule has 0 aromatic carbocycles. The van der Waals surface area contributed by atoms with Crippen LogP contribution in [0.5, 0.6) is 0 Å². The van der Waals surface area contributed by atoms with E-state index in [-0.39, 0.29) is 11.9 Å². The lowest BCUT2D eigenvalue weighted by Gasteiger charge is -2.07. The summed E-state index contributed by atoms with van der Waals surface area (Å²) in [5, 5.41) is 5.82. The number of guanidine groups is 1. The Balaban J connectivity index is 2.25. The number of amides is 1. The van der Waals surface area contributed by atoms with Crippen LogP contribution in [0.4, 0.5) is 0 Å². The van der Waals surface area contributed by atoms with Crippen molar-refractivity contribution in [1.82, 2.24) is 15.6 Å². The summed E-state index contributed by atoms with van der Waals surface area (Å²) in [6, 6.07) is 1.64. The van der Waals surface area contributed by atoms with Crippen LogP contribution in [-0.4, -0.2) is 22.9 Å². The van der Waals surface area contributed by atoms with Crippen LogP contribution in [0, 0.1) is 6.92 Å². The third-order valence-corrected chi connectivity index (χ3v) is 2.55. The van der Waals surface area contributed by atoms with Crippen molar-refractivity contribution in [3.05, 3.63) is 29.6 Å². The molecule has 0 aliphatic carbocycles. The number of carbonyl (C=O) groups excluding carboxylic acids is 1. The summed E-state index contributed by atoms with van der Waals surface area (Å²) in [5.74, 6) is 0.433. The number of aryl methyl sites for hydroxylation is 1. The van der Waals surface area contributed by atoms with E-state index in [9.17, 15) is 4.79 Å². The van der Waals surface area contributed by atoms with Gasteiger partial charge in [0.25, 0.3) is 5.91 Å². The van der Waals surface area contributed by atoms with Gasteiger partial charge in [-0.15, -0.1) is 0 Å². The fourth-order valence-corrected chi connectivity index (χ4v) is 1.73. The van der Waals surface area contributed by atoms with Gasteiger partial charge in [0.1, 0.15) is 0 Å². The molecular formula is C12H16N4O. The number of pyridine rings is 1. The molecule has 1 aromatic rings. The van der Waals surface area contributed by atoms with Crippen LogP contribution in [0.25, 0.3) is 0 Å². The van der Waals surface area contributed by atoms with Crippen LogP contribution in [0.3, 0.4) is 0 Å². The fraction of sp³-hybridized carbons (Fsp3) is 0.417. The highest BCUT2D eigenvalue weighted by molar-refractivity contribution is 6.05. The van der Waals surface area contributed by atoms with Gasteiger partial charge in [-0.25, -0.2) is 4.99 Å². The molecule has 0 fully saturated rings. The van der Waals surface area contributed by atoms with Crippen molar-refractivity contribution < 1.29 is 4.79 Å². The monoisotopic (exact) mass is 232 g/mol. The molecule has 1 aliphatic heterocycles. The van der Waals surface area contributed by atoms with Crippen LogP contribution in [0.1, 0.15) is 31.0 Å². The predicted octanol–water partition coefficient (Wildman–Crippen LogP) is 0.915. The van der Waals surface area contributed by atoms with Gasteiger partial charge in [-0.1, -0.05) is 0 Å². The summed E-state index contributed by atoms with van der Waals surface area (Å²) in [4.78, 5) is 20.2. The first kappa shape index (κ1) is 11.6. The van der Waals surface area contributed by atoms with Crippen LogP contribution < -0.4 is 10.6 Å². The Kier molecular flexibility index (Phi) is 3.08. The molecule has 0 radical (unpaired) electrons. The van der Waals surface area contributed by atoms with Gasteiger partial charge in [-0.2, -0.15) is 0 Å². The number of aliphatic imine (C=N–C) groups is 1. The van der Waals surface area contributed by atoms with Crippen molar-refractivity contribution in [3.63, 3.8) is 0 Å². The normalized spacial score (nSPS) is 19.2. The second-order valence-electron chi connectivity index (χ2n) is 4.40. The molecule has 1 amide bonds. The molecule has 0 bridgehead atoms. The van der Waals surface area contributed by atoms with Gasteiger partial charge in [-0.3, -0.25) is 15.1 Å². The maximum Gasteiger partial charge on any atom is 0.256 e. The number of rotatable bonds is 2. The van der Waals surface area contributed by atoms with Gasteiger partial charge in [0.05, 0.1) is 0 Å². The Labute approximate surface area is 100 Å². The van der Waals surface area contributed by atoms with Crippen molar-refractivity contribution in [1.29, 1.82) is 0 Å². The van der Waals surface area contributed by atoms with Crippen molar-refractivity contribution in [2.45, 2.75) is 32.9 Å². The molecule has 1 unspecified atom stereocenters. The number of nitrogens with one attached hydrogen (secondary N) is 2. The largest absolute Gasteiger partial charge is 0.354 e. The number of aromatic nitrogens is 1. The maximum absolute atomic E-state index is 11.8. The standard InChI is InChI=1S/C12H16N4O/c1-7(2)14-12-15-10(11(17)16-12)9-6-13-5-4-8(9)3/h4-7,10H,1-3H3,(H2,14,15,16,17). The summed E-state index contributed by atoms with van der Waals surface area (Å²) in [6.07, 6.45) is 3.41. The third-order valence-electron chi connectivity index (χ3n) is 2.55. The van der Waals surface area contributed by atoms with Crippen LogP contribution in [-0.2, 0) is 4.79 Å². The highest BCUT2D eigenvalue weighted by atomic mass is 16.2. The number of nitrogens with zero attached hydrogens (tertiary/aromatic N) is 2. The van der Waals surface area contributed by atoms with E-state index in [2.05, 4.69) is 20.6 Å². The molecule has 17 heavy (non-hydrogen) atoms. The molecule has 0 saturated carbocycles. The predicted molar refractivity (Wildman–Crippen MR) is 65.6 cm³/mol. The van der Waals surface area contributed by atoms with Gasteiger partial charge in [0, 0.05) is 24.0 Å². The Morgan fingerprint density at radius 1 is 1.47 bits per heavy atom. The average molecular weight is 232 g/mol. The molecule has 5 heteroatoms. The molecule has 0 spiro atoms. The van der Waals surface area contributed by atoms with Crippen LogP contribution in [0.2, 0.25) is 0 Å². The van der Waals surface area contributed by atoms with Gasteiger partial charge in [0.2, 0.25) is 0 Å². The van der Waals surface area contributed by atoms with Gasteiger partial charge in [0.15, 0.2) is 12.0 Å². The highest BCUT2D eigenvalue weighted by Gasteiger charge is 2.29. The molecule has 1 aromatic heterocycles. The fourth-order valence-electron chi connectivity index (χ4n) is 1.73. The summed E-state index contributed by atoms with van der Waals surface area (Å²) in [5.41, 5.74) is 1.88. The average Bonchev–Trinajstić information content (AvgIpc) is 2.59. The molecule has 1 atom stereocenters. The van der Waals surface area contributed by atoms with Crippen molar-refractivity contribution in [2.75, 3.05) is 0 Å². The first-order chi connectivity index (χ1) is 8.08. The Bertz CT molecular complexity index is 467. The molecule has 0 saturated heterocycles. The molecule has 90 valence electrons. The van der Waals surface area contributed by atoms with Crippen LogP contribution >= 0.6 is 0 Å². The second-order valence-corrected chi connectivity index (χ2v) is 4.40. The van der Waals surface area contributed by atoms with E-state index < -0.39 is 6.04 Å². The molecule has 1 aliphatic rings. The van der Waals surface area contributed by atoms with Gasteiger partial charge in [-0.05, 0) is 32.4 Å². The van der Waals surface area contributed by atoms with E-state index in [1.54, 1.807) is 12.4 Å². The van der Waals surface area contributed by atoms with Crippen molar-refractivity contribution >= 4 is 11.9 Å². The Hall–Kier alpha value is -1.91. The number of carbonyl (C=O) groups is 1.